The van der Waals surface area contributed by atoms with Gasteiger partial charge in [0.05, 0.1) is 17.8 Å². The zero-order valence-corrected chi connectivity index (χ0v) is 16.5. The number of urea groups is 1. The van der Waals surface area contributed by atoms with Gasteiger partial charge in [-0.25, -0.2) is 4.79 Å². The molecule has 7 nitrogen and oxygen atoms in total. The molecule has 0 unspecified atom stereocenters. The van der Waals surface area contributed by atoms with Crippen molar-refractivity contribution >= 4 is 6.03 Å². The number of aliphatic hydroxyl groups excluding tert-OH is 1. The van der Waals surface area contributed by atoms with Crippen LogP contribution in [0, 0.1) is 13.8 Å². The normalized spacial score (nSPS) is 24.5. The number of nitrogens with zero attached hydrogens (tertiary/aromatic N) is 4. The number of nitrogens with one attached hydrogen (secondary N) is 1. The molecule has 1 aromatic rings. The van der Waals surface area contributed by atoms with Crippen LogP contribution in [0.5, 0.6) is 0 Å². The summed E-state index contributed by atoms with van der Waals surface area (Å²) in [6.07, 6.45) is 3.19. The van der Waals surface area contributed by atoms with Crippen molar-refractivity contribution in [1.82, 2.24) is 24.9 Å². The minimum absolute atomic E-state index is 0.0770. The fourth-order valence-electron chi connectivity index (χ4n) is 4.28. The average molecular weight is 364 g/mol. The zero-order chi connectivity index (χ0) is 18.8. The molecule has 1 aromatic heterocycles. The highest BCUT2D eigenvalue weighted by atomic mass is 16.3. The molecule has 3 heterocycles. The molecule has 2 saturated heterocycles. The number of hydrogen-bond acceptors (Lipinski definition) is 4. The maximum Gasteiger partial charge on any atom is 0.317 e. The van der Waals surface area contributed by atoms with E-state index in [2.05, 4.69) is 29.2 Å². The fraction of sp³-hybridized carbons (Fsp3) is 0.789. The molecule has 2 fully saturated rings. The Balaban J connectivity index is 1.57. The Morgan fingerprint density at radius 2 is 1.92 bits per heavy atom. The van der Waals surface area contributed by atoms with Crippen molar-refractivity contribution in [3.8, 4) is 0 Å². The SMILES string of the molecule is Cc1nn(C(C)C)c(C)c1CNC(=O)N1C[C@H](O)[C@@H](N2CCCCC2)C1. The average Bonchev–Trinajstić information content (AvgIpc) is 3.14. The third-order valence-corrected chi connectivity index (χ3v) is 5.79. The number of aryl methyl sites for hydroxylation is 1. The molecule has 0 radical (unpaired) electrons. The molecule has 2 N–H and O–H groups in total. The van der Waals surface area contributed by atoms with E-state index < -0.39 is 6.10 Å². The lowest BCUT2D eigenvalue weighted by molar-refractivity contribution is 0.0706. The molecule has 26 heavy (non-hydrogen) atoms. The fourth-order valence-corrected chi connectivity index (χ4v) is 4.28. The molecule has 2 atom stereocenters. The molecular formula is C19H33N5O2. The maximum absolute atomic E-state index is 12.6. The van der Waals surface area contributed by atoms with E-state index in [1.54, 1.807) is 4.90 Å². The van der Waals surface area contributed by atoms with Crippen LogP contribution in [0.2, 0.25) is 0 Å². The number of amides is 2. The van der Waals surface area contributed by atoms with Crippen LogP contribution in [-0.4, -0.2) is 69.0 Å². The Labute approximate surface area is 156 Å². The van der Waals surface area contributed by atoms with Crippen LogP contribution >= 0.6 is 0 Å². The summed E-state index contributed by atoms with van der Waals surface area (Å²) in [6, 6.07) is 0.282. The third kappa shape index (κ3) is 3.88. The van der Waals surface area contributed by atoms with Crippen LogP contribution < -0.4 is 5.32 Å². The highest BCUT2D eigenvalue weighted by Crippen LogP contribution is 2.21. The number of likely N-dealkylation sites (tertiary alicyclic amines) is 2. The van der Waals surface area contributed by atoms with E-state index in [-0.39, 0.29) is 12.1 Å². The Morgan fingerprint density at radius 1 is 1.23 bits per heavy atom. The van der Waals surface area contributed by atoms with Crippen molar-refractivity contribution in [2.45, 2.75) is 71.7 Å². The number of rotatable bonds is 4. The molecule has 2 aliphatic rings. The lowest BCUT2D eigenvalue weighted by Gasteiger charge is -2.33. The van der Waals surface area contributed by atoms with Gasteiger partial charge in [0.15, 0.2) is 0 Å². The number of aromatic nitrogens is 2. The highest BCUT2D eigenvalue weighted by molar-refractivity contribution is 5.74. The minimum Gasteiger partial charge on any atom is -0.390 e. The first-order chi connectivity index (χ1) is 12.4. The number of β-amino-alcohol motifs (C(OH)–C–C–N with tert-alkyl or cyclic N) is 1. The van der Waals surface area contributed by atoms with Crippen LogP contribution in [0.25, 0.3) is 0 Å². The number of aliphatic hydroxyl groups is 1. The summed E-state index contributed by atoms with van der Waals surface area (Å²) in [5, 5.41) is 18.0. The maximum atomic E-state index is 12.6. The second-order valence-corrected chi connectivity index (χ2v) is 7.98. The van der Waals surface area contributed by atoms with Gasteiger partial charge in [0, 0.05) is 36.9 Å². The predicted molar refractivity (Wildman–Crippen MR) is 101 cm³/mol. The lowest BCUT2D eigenvalue weighted by atomic mass is 10.1. The van der Waals surface area contributed by atoms with E-state index in [9.17, 15) is 9.90 Å². The van der Waals surface area contributed by atoms with E-state index in [0.29, 0.717) is 25.7 Å². The standard InChI is InChI=1S/C19H33N5O2/c1-13(2)24-15(4)16(14(3)21-24)10-20-19(26)23-11-17(18(25)12-23)22-8-6-5-7-9-22/h13,17-18,25H,5-12H2,1-4H3,(H,20,26)/t17-,18-/m0/s1. The molecular weight excluding hydrogens is 330 g/mol. The summed E-state index contributed by atoms with van der Waals surface area (Å²) in [5.41, 5.74) is 3.15. The molecule has 2 amide bonds. The molecule has 0 bridgehead atoms. The van der Waals surface area contributed by atoms with Crippen molar-refractivity contribution in [2.24, 2.45) is 0 Å². The van der Waals surface area contributed by atoms with E-state index in [1.165, 1.54) is 19.3 Å². The van der Waals surface area contributed by atoms with Gasteiger partial charge in [0.1, 0.15) is 0 Å². The molecule has 0 saturated carbocycles. The smallest absolute Gasteiger partial charge is 0.317 e. The van der Waals surface area contributed by atoms with Gasteiger partial charge < -0.3 is 15.3 Å². The Hall–Kier alpha value is -1.60. The largest absolute Gasteiger partial charge is 0.390 e. The summed E-state index contributed by atoms with van der Waals surface area (Å²) in [4.78, 5) is 16.7. The van der Waals surface area contributed by atoms with Crippen LogP contribution in [0.1, 0.15) is 56.1 Å². The topological polar surface area (TPSA) is 73.6 Å². The van der Waals surface area contributed by atoms with Crippen LogP contribution in [0.15, 0.2) is 0 Å². The van der Waals surface area contributed by atoms with E-state index in [0.717, 1.165) is 30.0 Å². The summed E-state index contributed by atoms with van der Waals surface area (Å²) >= 11 is 0. The molecule has 0 aliphatic carbocycles. The van der Waals surface area contributed by atoms with Gasteiger partial charge in [0.2, 0.25) is 0 Å². The van der Waals surface area contributed by atoms with E-state index in [4.69, 9.17) is 0 Å². The predicted octanol–water partition coefficient (Wildman–Crippen LogP) is 1.82. The van der Waals surface area contributed by atoms with Crippen LogP contribution in [0.3, 0.4) is 0 Å². The van der Waals surface area contributed by atoms with Gasteiger partial charge in [-0.15, -0.1) is 0 Å². The molecule has 0 aromatic carbocycles. The first kappa shape index (κ1) is 19.2. The number of carbonyl (C=O) groups is 1. The molecule has 7 heteroatoms. The van der Waals surface area contributed by atoms with Crippen molar-refractivity contribution in [1.29, 1.82) is 0 Å². The van der Waals surface area contributed by atoms with Crippen LogP contribution in [-0.2, 0) is 6.54 Å². The summed E-state index contributed by atoms with van der Waals surface area (Å²) < 4.78 is 2.00. The number of piperidine rings is 1. The molecule has 2 aliphatic heterocycles. The van der Waals surface area contributed by atoms with Gasteiger partial charge >= 0.3 is 6.03 Å². The van der Waals surface area contributed by atoms with Gasteiger partial charge in [-0.2, -0.15) is 5.10 Å². The van der Waals surface area contributed by atoms with Crippen molar-refractivity contribution < 1.29 is 9.90 Å². The second-order valence-electron chi connectivity index (χ2n) is 7.98. The monoisotopic (exact) mass is 363 g/mol. The zero-order valence-electron chi connectivity index (χ0n) is 16.5. The number of carbonyl (C=O) groups excluding carboxylic acids is 1. The van der Waals surface area contributed by atoms with Gasteiger partial charge in [-0.1, -0.05) is 6.42 Å². The van der Waals surface area contributed by atoms with Crippen LogP contribution in [0.4, 0.5) is 4.79 Å². The lowest BCUT2D eigenvalue weighted by Crippen LogP contribution is -2.46. The Bertz CT molecular complexity index is 636. The second kappa shape index (κ2) is 7.96. The van der Waals surface area contributed by atoms with Gasteiger partial charge in [-0.3, -0.25) is 9.58 Å². The molecule has 3 rings (SSSR count). The quantitative estimate of drug-likeness (QED) is 0.856. The first-order valence-electron chi connectivity index (χ1n) is 9.88. The van der Waals surface area contributed by atoms with Gasteiger partial charge in [0.25, 0.3) is 0 Å². The minimum atomic E-state index is -0.453. The Morgan fingerprint density at radius 3 is 2.54 bits per heavy atom. The summed E-state index contributed by atoms with van der Waals surface area (Å²) in [5.74, 6) is 0. The third-order valence-electron chi connectivity index (χ3n) is 5.79. The van der Waals surface area contributed by atoms with E-state index in [1.807, 2.05) is 18.5 Å². The molecule has 0 spiro atoms. The highest BCUT2D eigenvalue weighted by Gasteiger charge is 2.37. The number of hydrogen-bond donors (Lipinski definition) is 2. The Kier molecular flexibility index (Phi) is 5.87. The van der Waals surface area contributed by atoms with Gasteiger partial charge in [-0.05, 0) is 53.6 Å². The summed E-state index contributed by atoms with van der Waals surface area (Å²) in [6.45, 7) is 11.8. The van der Waals surface area contributed by atoms with Crippen molar-refractivity contribution in [3.05, 3.63) is 17.0 Å². The van der Waals surface area contributed by atoms with Crippen molar-refractivity contribution in [3.63, 3.8) is 0 Å². The first-order valence-corrected chi connectivity index (χ1v) is 9.88. The van der Waals surface area contributed by atoms with E-state index >= 15 is 0 Å². The summed E-state index contributed by atoms with van der Waals surface area (Å²) in [7, 11) is 0. The van der Waals surface area contributed by atoms with Crippen molar-refractivity contribution in [2.75, 3.05) is 26.2 Å². The molecule has 146 valence electrons.